The quantitative estimate of drug-likeness (QED) is 0.729. The molecule has 0 unspecified atom stereocenters. The first-order chi connectivity index (χ1) is 5.74. The number of ether oxygens (including phenoxy) is 1. The second-order valence-electron chi connectivity index (χ2n) is 2.00. The van der Waals surface area contributed by atoms with Crippen LogP contribution in [0.4, 0.5) is 0 Å². The zero-order chi connectivity index (χ0) is 9.56. The smallest absolute Gasteiger partial charge is 0.232 e. The van der Waals surface area contributed by atoms with Gasteiger partial charge in [0.1, 0.15) is 5.02 Å². The minimum absolute atomic E-state index is 0.479. The second kappa shape index (κ2) is 5.80. The first-order valence-electron chi connectivity index (χ1n) is 3.48. The van der Waals surface area contributed by atoms with E-state index in [1.807, 2.05) is 13.0 Å². The summed E-state index contributed by atoms with van der Waals surface area (Å²) in [4.78, 5) is 3.94. The highest BCUT2D eigenvalue weighted by Gasteiger charge is 1.99. The fourth-order valence-corrected chi connectivity index (χ4v) is 0.969. The predicted molar refractivity (Wildman–Crippen MR) is 50.6 cm³/mol. The summed E-state index contributed by atoms with van der Waals surface area (Å²) in [5.74, 6) is 0.479. The lowest BCUT2D eigenvalue weighted by Crippen LogP contribution is -1.88. The Morgan fingerprint density at radius 2 is 2.08 bits per heavy atom. The summed E-state index contributed by atoms with van der Waals surface area (Å²) in [6.07, 6.45) is 1.71. The van der Waals surface area contributed by atoms with Crippen LogP contribution in [0, 0.1) is 6.92 Å². The van der Waals surface area contributed by atoms with Crippen molar-refractivity contribution >= 4 is 11.6 Å². The molecular formula is C8H13ClN2O. The number of pyridine rings is 1. The third-order valence-electron chi connectivity index (χ3n) is 1.14. The topological polar surface area (TPSA) is 48.1 Å². The molecule has 0 fully saturated rings. The number of aromatic nitrogens is 1. The molecule has 0 bridgehead atoms. The monoisotopic (exact) mass is 188 g/mol. The summed E-state index contributed by atoms with van der Waals surface area (Å²) in [5, 5.41) is 0.558. The summed E-state index contributed by atoms with van der Waals surface area (Å²) in [6, 6.07) is 1.81. The summed E-state index contributed by atoms with van der Waals surface area (Å²) in [5.41, 5.74) is 5.53. The van der Waals surface area contributed by atoms with Gasteiger partial charge >= 0.3 is 0 Å². The summed E-state index contributed by atoms with van der Waals surface area (Å²) in [6.45, 7) is 1.93. The molecule has 1 aromatic heterocycles. The molecule has 3 nitrogen and oxygen atoms in total. The molecule has 0 aromatic carbocycles. The van der Waals surface area contributed by atoms with Crippen molar-refractivity contribution in [1.82, 2.24) is 4.98 Å². The van der Waals surface area contributed by atoms with Crippen molar-refractivity contribution in [3.05, 3.63) is 22.8 Å². The lowest BCUT2D eigenvalue weighted by molar-refractivity contribution is 0.398. The SMILES string of the molecule is CN.COc1ncc(C)cc1Cl. The summed E-state index contributed by atoms with van der Waals surface area (Å²) < 4.78 is 4.86. The average Bonchev–Trinajstić information content (AvgIpc) is 2.08. The second-order valence-corrected chi connectivity index (χ2v) is 2.41. The number of methoxy groups -OCH3 is 1. The minimum atomic E-state index is 0.479. The van der Waals surface area contributed by atoms with Gasteiger partial charge in [0.15, 0.2) is 0 Å². The average molecular weight is 189 g/mol. The highest BCUT2D eigenvalue weighted by atomic mass is 35.5. The normalized spacial score (nSPS) is 8.42. The maximum absolute atomic E-state index is 5.74. The van der Waals surface area contributed by atoms with Crippen molar-refractivity contribution in [3.63, 3.8) is 0 Å². The maximum atomic E-state index is 5.74. The van der Waals surface area contributed by atoms with E-state index in [9.17, 15) is 0 Å². The van der Waals surface area contributed by atoms with Gasteiger partial charge in [-0.05, 0) is 25.6 Å². The lowest BCUT2D eigenvalue weighted by atomic mass is 10.3. The number of halogens is 1. The van der Waals surface area contributed by atoms with Crippen molar-refractivity contribution in [1.29, 1.82) is 0 Å². The first kappa shape index (κ1) is 11.2. The standard InChI is InChI=1S/C7H8ClNO.CH5N/c1-5-3-6(8)7(10-2)9-4-5;1-2/h3-4H,1-2H3;2H2,1H3. The Morgan fingerprint density at radius 3 is 2.50 bits per heavy atom. The Hall–Kier alpha value is -0.800. The van der Waals surface area contributed by atoms with Crippen LogP contribution in [0.5, 0.6) is 5.88 Å². The van der Waals surface area contributed by atoms with Gasteiger partial charge in [0.2, 0.25) is 5.88 Å². The molecule has 12 heavy (non-hydrogen) atoms. The van der Waals surface area contributed by atoms with Crippen LogP contribution in [-0.4, -0.2) is 19.1 Å². The fraction of sp³-hybridized carbons (Fsp3) is 0.375. The molecule has 0 aliphatic rings. The van der Waals surface area contributed by atoms with Gasteiger partial charge in [0, 0.05) is 6.20 Å². The number of hydrogen-bond donors (Lipinski definition) is 1. The van der Waals surface area contributed by atoms with Crippen LogP contribution in [-0.2, 0) is 0 Å². The number of nitrogens with two attached hydrogens (primary N) is 1. The van der Waals surface area contributed by atoms with Crippen LogP contribution in [0.25, 0.3) is 0 Å². The molecule has 0 aliphatic carbocycles. The molecule has 68 valence electrons. The van der Waals surface area contributed by atoms with E-state index in [2.05, 4.69) is 10.7 Å². The van der Waals surface area contributed by atoms with E-state index < -0.39 is 0 Å². The fourth-order valence-electron chi connectivity index (χ4n) is 0.671. The van der Waals surface area contributed by atoms with Crippen molar-refractivity contribution in [2.75, 3.05) is 14.2 Å². The largest absolute Gasteiger partial charge is 0.480 e. The van der Waals surface area contributed by atoms with Gasteiger partial charge in [0.25, 0.3) is 0 Å². The Labute approximate surface area is 77.5 Å². The Bertz CT molecular complexity index is 240. The number of hydrogen-bond acceptors (Lipinski definition) is 3. The van der Waals surface area contributed by atoms with Gasteiger partial charge in [0.05, 0.1) is 7.11 Å². The molecule has 2 N–H and O–H groups in total. The third-order valence-corrected chi connectivity index (χ3v) is 1.41. The molecular weight excluding hydrogens is 176 g/mol. The van der Waals surface area contributed by atoms with Crippen molar-refractivity contribution in [3.8, 4) is 5.88 Å². The molecule has 0 saturated heterocycles. The number of rotatable bonds is 1. The van der Waals surface area contributed by atoms with E-state index in [1.54, 1.807) is 13.3 Å². The van der Waals surface area contributed by atoms with Crippen LogP contribution in [0.3, 0.4) is 0 Å². The summed E-state index contributed by atoms with van der Waals surface area (Å²) >= 11 is 5.74. The zero-order valence-corrected chi connectivity index (χ0v) is 8.22. The molecule has 1 heterocycles. The highest BCUT2D eigenvalue weighted by molar-refractivity contribution is 6.31. The van der Waals surface area contributed by atoms with Crippen LogP contribution in [0.15, 0.2) is 12.3 Å². The molecule has 0 atom stereocenters. The number of nitrogens with zero attached hydrogens (tertiary/aromatic N) is 1. The highest BCUT2D eigenvalue weighted by Crippen LogP contribution is 2.20. The molecule has 0 saturated carbocycles. The lowest BCUT2D eigenvalue weighted by Gasteiger charge is -2.00. The molecule has 4 heteroatoms. The van der Waals surface area contributed by atoms with E-state index in [-0.39, 0.29) is 0 Å². The minimum Gasteiger partial charge on any atom is -0.480 e. The predicted octanol–water partition coefficient (Wildman–Crippen LogP) is 1.63. The van der Waals surface area contributed by atoms with Crippen molar-refractivity contribution in [2.24, 2.45) is 5.73 Å². The molecule has 0 radical (unpaired) electrons. The van der Waals surface area contributed by atoms with Gasteiger partial charge in [-0.15, -0.1) is 0 Å². The molecule has 0 spiro atoms. The Morgan fingerprint density at radius 1 is 1.50 bits per heavy atom. The molecule has 0 amide bonds. The van der Waals surface area contributed by atoms with E-state index in [0.717, 1.165) is 5.56 Å². The third kappa shape index (κ3) is 3.07. The van der Waals surface area contributed by atoms with Gasteiger partial charge in [-0.1, -0.05) is 11.6 Å². The Balaban J connectivity index is 0.000000561. The van der Waals surface area contributed by atoms with Crippen molar-refractivity contribution in [2.45, 2.75) is 6.92 Å². The maximum Gasteiger partial charge on any atom is 0.232 e. The van der Waals surface area contributed by atoms with Gasteiger partial charge in [-0.3, -0.25) is 0 Å². The van der Waals surface area contributed by atoms with Crippen molar-refractivity contribution < 1.29 is 4.74 Å². The molecule has 0 aliphatic heterocycles. The van der Waals surface area contributed by atoms with E-state index in [0.29, 0.717) is 10.9 Å². The summed E-state index contributed by atoms with van der Waals surface area (Å²) in [7, 11) is 3.05. The Kier molecular flexibility index (Phi) is 5.41. The number of aryl methyl sites for hydroxylation is 1. The zero-order valence-electron chi connectivity index (χ0n) is 7.47. The van der Waals surface area contributed by atoms with Gasteiger partial charge in [-0.2, -0.15) is 0 Å². The van der Waals surface area contributed by atoms with Crippen LogP contribution in [0.1, 0.15) is 5.56 Å². The first-order valence-corrected chi connectivity index (χ1v) is 3.85. The van der Waals surface area contributed by atoms with Crippen LogP contribution >= 0.6 is 11.6 Å². The van der Waals surface area contributed by atoms with E-state index >= 15 is 0 Å². The van der Waals surface area contributed by atoms with E-state index in [1.165, 1.54) is 7.05 Å². The van der Waals surface area contributed by atoms with Gasteiger partial charge in [-0.25, -0.2) is 4.98 Å². The molecule has 1 aromatic rings. The van der Waals surface area contributed by atoms with Gasteiger partial charge < -0.3 is 10.5 Å². The van der Waals surface area contributed by atoms with E-state index in [4.69, 9.17) is 16.3 Å². The molecule has 1 rings (SSSR count). The van der Waals surface area contributed by atoms with Crippen LogP contribution < -0.4 is 10.5 Å². The van der Waals surface area contributed by atoms with Crippen LogP contribution in [0.2, 0.25) is 5.02 Å².